The van der Waals surface area contributed by atoms with Crippen LogP contribution in [-0.4, -0.2) is 133 Å². The van der Waals surface area contributed by atoms with Gasteiger partial charge in [-0.25, -0.2) is 38.5 Å². The van der Waals surface area contributed by atoms with Gasteiger partial charge in [0, 0.05) is 28.2 Å². The van der Waals surface area contributed by atoms with Crippen molar-refractivity contribution < 1.29 is 76.4 Å². The van der Waals surface area contributed by atoms with Crippen LogP contribution in [0, 0.1) is 0 Å². The van der Waals surface area contributed by atoms with Crippen molar-refractivity contribution in [1.82, 2.24) is 19.6 Å². The Morgan fingerprint density at radius 2 is 0.645 bits per heavy atom. The van der Waals surface area contributed by atoms with Crippen molar-refractivity contribution >= 4 is 36.3 Å². The number of hydrogen-bond acceptors (Lipinski definition) is 16. The molecule has 0 unspecified atom stereocenters. The number of hydrogen-bond donors (Lipinski definition) is 0. The van der Waals surface area contributed by atoms with E-state index in [9.17, 15) is 28.8 Å². The Balaban J connectivity index is 2.45. The molecule has 0 radical (unpaired) electrons. The highest BCUT2D eigenvalue weighted by molar-refractivity contribution is 5.96. The second-order valence-electron chi connectivity index (χ2n) is 17.8. The van der Waals surface area contributed by atoms with E-state index in [0.29, 0.717) is 0 Å². The zero-order valence-corrected chi connectivity index (χ0v) is 38.6. The van der Waals surface area contributed by atoms with Crippen LogP contribution in [-0.2, 0) is 28.7 Å². The predicted octanol–water partition coefficient (Wildman–Crippen LogP) is 7.43. The number of amides is 4. The number of carbonyl (C=O) groups is 6. The van der Waals surface area contributed by atoms with E-state index in [0.717, 1.165) is 19.6 Å². The first-order valence-electron chi connectivity index (χ1n) is 19.3. The lowest BCUT2D eigenvalue weighted by Crippen LogP contribution is -2.37. The van der Waals surface area contributed by atoms with Gasteiger partial charge in [0.1, 0.15) is 33.5 Å². The van der Waals surface area contributed by atoms with Crippen LogP contribution < -0.4 is 18.9 Å². The van der Waals surface area contributed by atoms with Crippen molar-refractivity contribution in [2.24, 2.45) is 0 Å². The highest BCUT2D eigenvalue weighted by atomic mass is 17.2. The predicted molar refractivity (Wildman–Crippen MR) is 222 cm³/mol. The zero-order valence-electron chi connectivity index (χ0n) is 38.6. The molecule has 0 saturated heterocycles. The van der Waals surface area contributed by atoms with E-state index >= 15 is 0 Å². The lowest BCUT2D eigenvalue weighted by molar-refractivity contribution is -0.187. The number of nitrogens with zero attached hydrogens (tertiary/aromatic N) is 4. The van der Waals surface area contributed by atoms with Gasteiger partial charge in [-0.1, -0.05) is 12.1 Å². The molecule has 346 valence electrons. The van der Waals surface area contributed by atoms with E-state index < -0.39 is 72.2 Å². The van der Waals surface area contributed by atoms with Gasteiger partial charge in [0.25, 0.3) is 0 Å². The monoisotopic (exact) mass is 878 g/mol. The minimum Gasteiger partial charge on any atom is -0.469 e. The van der Waals surface area contributed by atoms with Crippen LogP contribution in [0.4, 0.5) is 19.2 Å². The maximum atomic E-state index is 13.6. The molecule has 0 aromatic heterocycles. The number of carbonyl (C=O) groups excluding carboxylic acids is 6. The molecular formula is C42H62N4O16. The van der Waals surface area contributed by atoms with Crippen molar-refractivity contribution in [2.45, 2.75) is 105 Å². The quantitative estimate of drug-likeness (QED) is 0.0782. The first-order valence-corrected chi connectivity index (χ1v) is 19.3. The van der Waals surface area contributed by atoms with E-state index in [1.165, 1.54) is 64.6 Å². The maximum Gasteiger partial charge on any atom is 0.412 e. The van der Waals surface area contributed by atoms with Crippen LogP contribution in [0.2, 0.25) is 0 Å². The molecule has 0 aliphatic rings. The summed E-state index contributed by atoms with van der Waals surface area (Å²) < 4.78 is 45.0. The summed E-state index contributed by atoms with van der Waals surface area (Å²) in [5.41, 5.74) is -3.85. The van der Waals surface area contributed by atoms with E-state index in [-0.39, 0.29) is 47.6 Å². The summed E-state index contributed by atoms with van der Waals surface area (Å²) in [5, 5.41) is 0. The van der Waals surface area contributed by atoms with Gasteiger partial charge in [-0.05, 0) is 107 Å². The van der Waals surface area contributed by atoms with E-state index in [1.807, 2.05) is 0 Å². The Hall–Kier alpha value is -6.34. The van der Waals surface area contributed by atoms with Gasteiger partial charge in [-0.2, -0.15) is 0 Å². The Bertz CT molecular complexity index is 1760. The second kappa shape index (κ2) is 21.4. The summed E-state index contributed by atoms with van der Waals surface area (Å²) in [5.74, 6) is -3.11. The van der Waals surface area contributed by atoms with Gasteiger partial charge in [0.05, 0.1) is 0 Å². The summed E-state index contributed by atoms with van der Waals surface area (Å²) in [6.07, 6.45) is -2.87. The van der Waals surface area contributed by atoms with Crippen molar-refractivity contribution in [1.29, 1.82) is 0 Å². The third-order valence-electron chi connectivity index (χ3n) is 7.04. The Labute approximate surface area is 363 Å². The summed E-state index contributed by atoms with van der Waals surface area (Å²) in [6.45, 7) is 18.7. The fourth-order valence-corrected chi connectivity index (χ4v) is 4.27. The van der Waals surface area contributed by atoms with Crippen LogP contribution in [0.5, 0.6) is 23.0 Å². The van der Waals surface area contributed by atoms with Gasteiger partial charge in [0.15, 0.2) is 49.9 Å². The molecule has 0 spiro atoms. The molecule has 0 aliphatic heterocycles. The summed E-state index contributed by atoms with van der Waals surface area (Å²) >= 11 is 0. The molecule has 62 heavy (non-hydrogen) atoms. The average Bonchev–Trinajstić information content (AvgIpc) is 3.13. The Kier molecular flexibility index (Phi) is 17.9. The zero-order chi connectivity index (χ0) is 47.4. The van der Waals surface area contributed by atoms with Gasteiger partial charge in [0.2, 0.25) is 0 Å². The number of benzene rings is 2. The maximum absolute atomic E-state index is 13.6. The van der Waals surface area contributed by atoms with Crippen molar-refractivity contribution in [2.75, 3.05) is 55.1 Å². The smallest absolute Gasteiger partial charge is 0.412 e. The number of rotatable bonds is 14. The molecule has 20 nitrogen and oxygen atoms in total. The molecule has 0 N–H and O–H groups in total. The van der Waals surface area contributed by atoms with Crippen LogP contribution in [0.3, 0.4) is 0 Å². The highest BCUT2D eigenvalue weighted by Crippen LogP contribution is 2.35. The fraction of sp³-hybridized carbons (Fsp3) is 0.571. The topological polar surface area (TPSA) is 208 Å². The standard InChI is InChI=1S/C42H62N4O16/c1-39(2,3)57-35(49)43(13)23-53-29-21-17-19-27(31(29)55-25-45(15)37(51)59-41(7,8)9)33(47)61-62-34(48)28-20-18-22-30(54-24-44(14)36(50)58-40(4,5)6)32(28)56-26-46(16)38(52)60-42(10,11)12/h17-22H,23-26H2,1-16H3. The van der Waals surface area contributed by atoms with Crippen molar-refractivity contribution in [3.63, 3.8) is 0 Å². The van der Waals surface area contributed by atoms with Crippen LogP contribution in [0.15, 0.2) is 36.4 Å². The largest absolute Gasteiger partial charge is 0.469 e. The molecule has 0 fully saturated rings. The molecule has 0 saturated carbocycles. The molecule has 2 aromatic rings. The molecule has 0 atom stereocenters. The highest BCUT2D eigenvalue weighted by Gasteiger charge is 2.29. The summed E-state index contributed by atoms with van der Waals surface area (Å²) in [6, 6.07) is 8.23. The van der Waals surface area contributed by atoms with Gasteiger partial charge in [-0.15, -0.1) is 0 Å². The van der Waals surface area contributed by atoms with Gasteiger partial charge < -0.3 is 37.9 Å². The van der Waals surface area contributed by atoms with Gasteiger partial charge >= 0.3 is 36.3 Å². The first kappa shape index (κ1) is 51.8. The van der Waals surface area contributed by atoms with E-state index in [4.69, 9.17) is 47.7 Å². The van der Waals surface area contributed by atoms with Gasteiger partial charge in [-0.3, -0.25) is 19.6 Å². The van der Waals surface area contributed by atoms with Crippen molar-refractivity contribution in [3.8, 4) is 23.0 Å². The molecule has 0 bridgehead atoms. The molecule has 2 rings (SSSR count). The third kappa shape index (κ3) is 18.1. The summed E-state index contributed by atoms with van der Waals surface area (Å²) in [4.78, 5) is 92.3. The number of ether oxygens (including phenoxy) is 8. The third-order valence-corrected chi connectivity index (χ3v) is 7.04. The minimum absolute atomic E-state index is 0.0650. The van der Waals surface area contributed by atoms with Crippen LogP contribution in [0.25, 0.3) is 0 Å². The molecular weight excluding hydrogens is 816 g/mol. The lowest BCUT2D eigenvalue weighted by Gasteiger charge is -2.26. The SMILES string of the molecule is CN(COc1cccc(C(=O)OOC(=O)c2cccc(OCN(C)C(=O)OC(C)(C)C)c2OCN(C)C(=O)OC(C)(C)C)c1OCN(C)C(=O)OC(C)(C)C)C(=O)OC(C)(C)C. The van der Waals surface area contributed by atoms with Crippen molar-refractivity contribution in [3.05, 3.63) is 47.5 Å². The first-order chi connectivity index (χ1) is 28.4. The van der Waals surface area contributed by atoms with E-state index in [2.05, 4.69) is 0 Å². The molecule has 2 aromatic carbocycles. The Morgan fingerprint density at radius 3 is 0.887 bits per heavy atom. The number of para-hydroxylation sites is 2. The molecule has 20 heteroatoms. The Morgan fingerprint density at radius 1 is 0.403 bits per heavy atom. The van der Waals surface area contributed by atoms with Crippen LogP contribution >= 0.6 is 0 Å². The molecule has 0 heterocycles. The summed E-state index contributed by atoms with van der Waals surface area (Å²) in [7, 11) is 5.64. The molecule has 4 amide bonds. The lowest BCUT2D eigenvalue weighted by atomic mass is 10.2. The fourth-order valence-electron chi connectivity index (χ4n) is 4.27. The second-order valence-corrected chi connectivity index (χ2v) is 17.8. The molecule has 0 aliphatic carbocycles. The normalized spacial score (nSPS) is 11.5. The van der Waals surface area contributed by atoms with Crippen LogP contribution in [0.1, 0.15) is 104 Å². The van der Waals surface area contributed by atoms with E-state index in [1.54, 1.807) is 83.1 Å². The average molecular weight is 879 g/mol. The minimum atomic E-state index is -1.24.